The van der Waals surface area contributed by atoms with E-state index in [0.29, 0.717) is 12.0 Å². The van der Waals surface area contributed by atoms with Gasteiger partial charge in [-0.1, -0.05) is 20.3 Å². The molecule has 0 N–H and O–H groups in total. The Morgan fingerprint density at radius 1 is 1.58 bits per heavy atom. The minimum absolute atomic E-state index is 0.317. The number of nitrogens with zero attached hydrogens (tertiary/aromatic N) is 2. The summed E-state index contributed by atoms with van der Waals surface area (Å²) in [6.07, 6.45) is 5.95. The summed E-state index contributed by atoms with van der Waals surface area (Å²) in [5, 5.41) is 5.60. The summed E-state index contributed by atoms with van der Waals surface area (Å²) in [6.45, 7) is 4.27. The lowest BCUT2D eigenvalue weighted by atomic mass is 9.95. The molecule has 0 fully saturated rings. The summed E-state index contributed by atoms with van der Waals surface area (Å²) in [4.78, 5) is 10.6. The number of hydrogen-bond donors (Lipinski definition) is 0. The standard InChI is InChI=1S/C9H16N2O/c1-3-5-9-8(4-2)6-10-11(9)7-12/h6-9H,3-5H2,1-2H3/t8-,9+/m0/s1. The molecule has 0 bridgehead atoms. The SMILES string of the molecule is CCC[C@@H]1[C@@H](CC)C=NN1C=O. The van der Waals surface area contributed by atoms with Crippen molar-refractivity contribution < 1.29 is 4.79 Å². The predicted molar refractivity (Wildman–Crippen MR) is 48.9 cm³/mol. The second-order valence-corrected chi connectivity index (χ2v) is 3.18. The smallest absolute Gasteiger partial charge is 0.230 e. The molecule has 68 valence electrons. The Bertz CT molecular complexity index is 179. The van der Waals surface area contributed by atoms with E-state index in [1.807, 2.05) is 6.21 Å². The van der Waals surface area contributed by atoms with Crippen molar-refractivity contribution >= 4 is 12.6 Å². The third-order valence-electron chi connectivity index (χ3n) is 2.39. The van der Waals surface area contributed by atoms with Crippen LogP contribution in [0.2, 0.25) is 0 Å². The van der Waals surface area contributed by atoms with Crippen LogP contribution in [0.3, 0.4) is 0 Å². The van der Waals surface area contributed by atoms with Crippen LogP contribution < -0.4 is 0 Å². The Balaban J connectivity index is 2.57. The van der Waals surface area contributed by atoms with Crippen LogP contribution in [0.4, 0.5) is 0 Å². The van der Waals surface area contributed by atoms with Gasteiger partial charge in [-0.05, 0) is 12.8 Å². The summed E-state index contributed by atoms with van der Waals surface area (Å²) >= 11 is 0. The molecular weight excluding hydrogens is 152 g/mol. The average Bonchev–Trinajstić information content (AvgIpc) is 2.48. The third-order valence-corrected chi connectivity index (χ3v) is 2.39. The highest BCUT2D eigenvalue weighted by molar-refractivity contribution is 5.67. The topological polar surface area (TPSA) is 32.7 Å². The third kappa shape index (κ3) is 1.65. The number of rotatable bonds is 4. The maximum absolute atomic E-state index is 10.6. The van der Waals surface area contributed by atoms with E-state index in [0.717, 1.165) is 25.7 Å². The van der Waals surface area contributed by atoms with Crippen molar-refractivity contribution in [2.45, 2.75) is 39.2 Å². The number of hydrazone groups is 1. The average molecular weight is 168 g/mol. The van der Waals surface area contributed by atoms with Crippen LogP contribution in [-0.4, -0.2) is 23.7 Å². The van der Waals surface area contributed by atoms with Crippen molar-refractivity contribution in [3.05, 3.63) is 0 Å². The maximum Gasteiger partial charge on any atom is 0.230 e. The lowest BCUT2D eigenvalue weighted by molar-refractivity contribution is -0.120. The zero-order valence-corrected chi connectivity index (χ0v) is 7.73. The molecule has 0 spiro atoms. The first kappa shape index (κ1) is 9.23. The summed E-state index contributed by atoms with van der Waals surface area (Å²) < 4.78 is 0. The fourth-order valence-electron chi connectivity index (χ4n) is 1.67. The van der Waals surface area contributed by atoms with E-state index in [1.165, 1.54) is 0 Å². The first-order chi connectivity index (χ1) is 5.83. The van der Waals surface area contributed by atoms with E-state index in [1.54, 1.807) is 5.01 Å². The lowest BCUT2D eigenvalue weighted by Gasteiger charge is -2.21. The molecule has 0 aliphatic carbocycles. The van der Waals surface area contributed by atoms with Crippen LogP contribution in [0, 0.1) is 5.92 Å². The van der Waals surface area contributed by atoms with E-state index >= 15 is 0 Å². The van der Waals surface area contributed by atoms with Crippen LogP contribution in [0.1, 0.15) is 33.1 Å². The molecule has 1 aliphatic heterocycles. The molecule has 0 aromatic carbocycles. The van der Waals surface area contributed by atoms with Crippen molar-refractivity contribution in [1.82, 2.24) is 5.01 Å². The van der Waals surface area contributed by atoms with Gasteiger partial charge in [0.05, 0.1) is 6.04 Å². The molecule has 1 heterocycles. The highest BCUT2D eigenvalue weighted by Crippen LogP contribution is 2.22. The summed E-state index contributed by atoms with van der Waals surface area (Å²) in [6, 6.07) is 0.317. The van der Waals surface area contributed by atoms with Crippen LogP contribution in [0.25, 0.3) is 0 Å². The molecule has 0 saturated carbocycles. The van der Waals surface area contributed by atoms with Crippen molar-refractivity contribution in [2.24, 2.45) is 11.0 Å². The molecule has 0 radical (unpaired) electrons. The van der Waals surface area contributed by atoms with Gasteiger partial charge in [-0.15, -0.1) is 0 Å². The maximum atomic E-state index is 10.6. The molecule has 0 aromatic heterocycles. The minimum Gasteiger partial charge on any atom is -0.277 e. The second kappa shape index (κ2) is 4.24. The fourth-order valence-corrected chi connectivity index (χ4v) is 1.67. The molecule has 1 aliphatic rings. The van der Waals surface area contributed by atoms with Gasteiger partial charge < -0.3 is 0 Å². The van der Waals surface area contributed by atoms with Gasteiger partial charge in [-0.3, -0.25) is 4.79 Å². The first-order valence-electron chi connectivity index (χ1n) is 4.61. The molecule has 3 nitrogen and oxygen atoms in total. The lowest BCUT2D eigenvalue weighted by Crippen LogP contribution is -2.30. The first-order valence-corrected chi connectivity index (χ1v) is 4.61. The van der Waals surface area contributed by atoms with Gasteiger partial charge in [0, 0.05) is 12.1 Å². The molecule has 12 heavy (non-hydrogen) atoms. The highest BCUT2D eigenvalue weighted by Gasteiger charge is 2.28. The van der Waals surface area contributed by atoms with Gasteiger partial charge in [0.25, 0.3) is 0 Å². The normalized spacial score (nSPS) is 28.0. The van der Waals surface area contributed by atoms with Gasteiger partial charge in [0.15, 0.2) is 0 Å². The predicted octanol–water partition coefficient (Wildman–Crippen LogP) is 1.64. The Labute approximate surface area is 73.4 Å². The molecule has 0 saturated heterocycles. The van der Waals surface area contributed by atoms with Crippen LogP contribution in [-0.2, 0) is 4.79 Å². The number of carbonyl (C=O) groups excluding carboxylic acids is 1. The molecule has 1 rings (SSSR count). The number of carbonyl (C=O) groups is 1. The Kier molecular flexibility index (Phi) is 3.26. The van der Waals surface area contributed by atoms with Crippen LogP contribution in [0.15, 0.2) is 5.10 Å². The van der Waals surface area contributed by atoms with Gasteiger partial charge in [0.1, 0.15) is 0 Å². The quantitative estimate of drug-likeness (QED) is 0.587. The minimum atomic E-state index is 0.317. The van der Waals surface area contributed by atoms with Gasteiger partial charge >= 0.3 is 0 Å². The van der Waals surface area contributed by atoms with Gasteiger partial charge in [0.2, 0.25) is 6.41 Å². The fraction of sp³-hybridized carbons (Fsp3) is 0.778. The van der Waals surface area contributed by atoms with Gasteiger partial charge in [-0.25, -0.2) is 5.01 Å². The van der Waals surface area contributed by atoms with E-state index in [2.05, 4.69) is 18.9 Å². The number of hydrogen-bond acceptors (Lipinski definition) is 2. The van der Waals surface area contributed by atoms with Crippen LogP contribution >= 0.6 is 0 Å². The summed E-state index contributed by atoms with van der Waals surface area (Å²) in [7, 11) is 0. The molecule has 0 aromatic rings. The van der Waals surface area contributed by atoms with Crippen LogP contribution in [0.5, 0.6) is 0 Å². The summed E-state index contributed by atoms with van der Waals surface area (Å²) in [5.41, 5.74) is 0. The van der Waals surface area contributed by atoms with Gasteiger partial charge in [-0.2, -0.15) is 5.10 Å². The van der Waals surface area contributed by atoms with E-state index in [-0.39, 0.29) is 0 Å². The molecular formula is C9H16N2O. The highest BCUT2D eigenvalue weighted by atomic mass is 16.1. The largest absolute Gasteiger partial charge is 0.277 e. The van der Waals surface area contributed by atoms with Crippen molar-refractivity contribution in [3.63, 3.8) is 0 Å². The molecule has 2 atom stereocenters. The van der Waals surface area contributed by atoms with E-state index in [4.69, 9.17) is 0 Å². The monoisotopic (exact) mass is 168 g/mol. The number of amides is 1. The molecule has 0 unspecified atom stereocenters. The Hall–Kier alpha value is -0.860. The van der Waals surface area contributed by atoms with E-state index in [9.17, 15) is 4.79 Å². The Morgan fingerprint density at radius 3 is 2.83 bits per heavy atom. The Morgan fingerprint density at radius 2 is 2.33 bits per heavy atom. The van der Waals surface area contributed by atoms with Crippen molar-refractivity contribution in [3.8, 4) is 0 Å². The zero-order valence-electron chi connectivity index (χ0n) is 7.73. The van der Waals surface area contributed by atoms with Crippen molar-refractivity contribution in [2.75, 3.05) is 0 Å². The molecule has 3 heteroatoms. The zero-order chi connectivity index (χ0) is 8.97. The molecule has 1 amide bonds. The van der Waals surface area contributed by atoms with E-state index < -0.39 is 0 Å². The second-order valence-electron chi connectivity index (χ2n) is 3.18. The summed E-state index contributed by atoms with van der Waals surface area (Å²) in [5.74, 6) is 0.468. The van der Waals surface area contributed by atoms with Crippen molar-refractivity contribution in [1.29, 1.82) is 0 Å².